The number of methoxy groups -OCH3 is 1. The van der Waals surface area contributed by atoms with Gasteiger partial charge >= 0.3 is 11.9 Å². The van der Waals surface area contributed by atoms with Gasteiger partial charge in [0.15, 0.2) is 5.78 Å². The normalized spacial score (nSPS) is 21.7. The summed E-state index contributed by atoms with van der Waals surface area (Å²) < 4.78 is 18.6. The minimum absolute atomic E-state index is 0.0148. The van der Waals surface area contributed by atoms with Crippen LogP contribution < -0.4 is 4.90 Å². The molecule has 0 N–H and O–H groups in total. The van der Waals surface area contributed by atoms with Gasteiger partial charge in [0.25, 0.3) is 0 Å². The van der Waals surface area contributed by atoms with Crippen LogP contribution in [-0.4, -0.2) is 54.2 Å². The summed E-state index contributed by atoms with van der Waals surface area (Å²) in [5.41, 5.74) is 4.05. The van der Waals surface area contributed by atoms with Gasteiger partial charge in [-0.3, -0.25) is 14.4 Å². The SMILES string of the molecule is COC1CCC(N(C(=O)C2CCC(C)CC2)c2cc(-c3ccc4c(c3)C(=O)Cn3c-4cc4ccccc43)sc2C(=O)OCOC(=O)C(C)(C)C)CC1. The lowest BCUT2D eigenvalue weighted by Gasteiger charge is -2.39. The van der Waals surface area contributed by atoms with Gasteiger partial charge in [-0.1, -0.05) is 37.3 Å². The van der Waals surface area contributed by atoms with Crippen molar-refractivity contribution in [3.05, 3.63) is 65.0 Å². The van der Waals surface area contributed by atoms with E-state index in [4.69, 9.17) is 14.2 Å². The van der Waals surface area contributed by atoms with E-state index in [0.717, 1.165) is 84.0 Å². The molecule has 0 atom stereocenters. The molecular weight excluding hydrogens is 677 g/mol. The maximum absolute atomic E-state index is 14.6. The van der Waals surface area contributed by atoms with Crippen LogP contribution in [0.3, 0.4) is 0 Å². The zero-order valence-corrected chi connectivity index (χ0v) is 31.6. The van der Waals surface area contributed by atoms with Crippen LogP contribution in [0.15, 0.2) is 54.6 Å². The largest absolute Gasteiger partial charge is 0.427 e. The Labute approximate surface area is 309 Å². The van der Waals surface area contributed by atoms with E-state index in [1.807, 2.05) is 47.4 Å². The van der Waals surface area contributed by atoms with Crippen LogP contribution in [0.5, 0.6) is 0 Å². The summed E-state index contributed by atoms with van der Waals surface area (Å²) >= 11 is 1.24. The molecule has 3 heterocycles. The lowest BCUT2D eigenvalue weighted by atomic mass is 9.81. The Morgan fingerprint density at radius 2 is 1.62 bits per heavy atom. The molecule has 7 rings (SSSR count). The topological polar surface area (TPSA) is 104 Å². The fraction of sp³-hybridized carbons (Fsp3) is 0.476. The molecule has 2 aromatic heterocycles. The van der Waals surface area contributed by atoms with Crippen LogP contribution in [0.4, 0.5) is 5.69 Å². The molecule has 3 aliphatic rings. The average Bonchev–Trinajstić information content (AvgIpc) is 3.74. The van der Waals surface area contributed by atoms with Crippen molar-refractivity contribution in [2.75, 3.05) is 18.8 Å². The lowest BCUT2D eigenvalue weighted by molar-refractivity contribution is -0.161. The minimum Gasteiger partial charge on any atom is -0.427 e. The number of benzene rings is 2. The zero-order chi connectivity index (χ0) is 36.7. The van der Waals surface area contributed by atoms with Gasteiger partial charge in [0, 0.05) is 46.0 Å². The molecule has 0 unspecified atom stereocenters. The molecule has 274 valence electrons. The number of ketones is 1. The van der Waals surface area contributed by atoms with Gasteiger partial charge < -0.3 is 23.7 Å². The number of hydrogen-bond acceptors (Lipinski definition) is 8. The highest BCUT2D eigenvalue weighted by molar-refractivity contribution is 7.18. The van der Waals surface area contributed by atoms with Crippen molar-refractivity contribution >= 4 is 51.6 Å². The van der Waals surface area contributed by atoms with E-state index in [2.05, 4.69) is 23.6 Å². The van der Waals surface area contributed by atoms with Gasteiger partial charge in [-0.25, -0.2) is 4.79 Å². The third kappa shape index (κ3) is 7.07. The van der Waals surface area contributed by atoms with Gasteiger partial charge in [-0.05, 0) is 108 Å². The lowest BCUT2D eigenvalue weighted by Crippen LogP contribution is -2.47. The molecule has 2 saturated carbocycles. The molecule has 1 aliphatic heterocycles. The summed E-state index contributed by atoms with van der Waals surface area (Å²) in [4.78, 5) is 57.6. The number of amides is 1. The third-order valence-electron chi connectivity index (χ3n) is 11.1. The summed E-state index contributed by atoms with van der Waals surface area (Å²) in [6, 6.07) is 17.9. The van der Waals surface area contributed by atoms with E-state index in [1.54, 1.807) is 27.9 Å². The van der Waals surface area contributed by atoms with Crippen molar-refractivity contribution in [3.8, 4) is 21.7 Å². The Hall–Kier alpha value is -4.28. The summed E-state index contributed by atoms with van der Waals surface area (Å²) in [7, 11) is 1.73. The Balaban J connectivity index is 1.28. The Morgan fingerprint density at radius 3 is 2.33 bits per heavy atom. The molecule has 10 heteroatoms. The van der Waals surface area contributed by atoms with Crippen LogP contribution >= 0.6 is 11.3 Å². The minimum atomic E-state index is -0.756. The molecule has 2 aliphatic carbocycles. The maximum Gasteiger partial charge on any atom is 0.353 e. The summed E-state index contributed by atoms with van der Waals surface area (Å²) in [5.74, 6) is -0.642. The first kappa shape index (κ1) is 36.1. The van der Waals surface area contributed by atoms with Crippen molar-refractivity contribution in [2.24, 2.45) is 17.3 Å². The van der Waals surface area contributed by atoms with Crippen LogP contribution in [-0.2, 0) is 30.3 Å². The van der Waals surface area contributed by atoms with Gasteiger partial charge in [-0.15, -0.1) is 11.3 Å². The summed E-state index contributed by atoms with van der Waals surface area (Å²) in [6.45, 7) is 7.15. The number of para-hydroxylation sites is 1. The highest BCUT2D eigenvalue weighted by Crippen LogP contribution is 2.44. The third-order valence-corrected chi connectivity index (χ3v) is 12.2. The molecule has 0 radical (unpaired) electrons. The number of thiophene rings is 1. The number of hydrogen-bond donors (Lipinski definition) is 0. The summed E-state index contributed by atoms with van der Waals surface area (Å²) in [5, 5.41) is 1.08. The molecule has 4 aromatic rings. The fourth-order valence-electron chi connectivity index (χ4n) is 7.99. The highest BCUT2D eigenvalue weighted by Gasteiger charge is 2.38. The van der Waals surface area contributed by atoms with E-state index in [0.29, 0.717) is 17.2 Å². The van der Waals surface area contributed by atoms with Crippen LogP contribution in [0, 0.1) is 17.3 Å². The second kappa shape index (κ2) is 14.6. The summed E-state index contributed by atoms with van der Waals surface area (Å²) in [6.07, 6.45) is 6.87. The molecule has 0 saturated heterocycles. The van der Waals surface area contributed by atoms with E-state index < -0.39 is 24.1 Å². The van der Waals surface area contributed by atoms with E-state index in [-0.39, 0.29) is 41.2 Å². The van der Waals surface area contributed by atoms with Crippen molar-refractivity contribution < 1.29 is 33.4 Å². The maximum atomic E-state index is 14.6. The van der Waals surface area contributed by atoms with Gasteiger partial charge in [0.05, 0.1) is 29.4 Å². The molecule has 1 amide bonds. The smallest absolute Gasteiger partial charge is 0.353 e. The van der Waals surface area contributed by atoms with E-state index in [9.17, 15) is 19.2 Å². The first-order chi connectivity index (χ1) is 24.9. The first-order valence-electron chi connectivity index (χ1n) is 18.5. The number of anilines is 1. The van der Waals surface area contributed by atoms with Gasteiger partial charge in [0.2, 0.25) is 12.7 Å². The average molecular weight is 725 g/mol. The second-order valence-electron chi connectivity index (χ2n) is 15.7. The number of esters is 2. The van der Waals surface area contributed by atoms with Gasteiger partial charge in [0.1, 0.15) is 4.88 Å². The molecule has 0 bridgehead atoms. The predicted molar refractivity (Wildman–Crippen MR) is 203 cm³/mol. The number of aromatic nitrogens is 1. The number of fused-ring (bicyclic) bond motifs is 5. The number of ether oxygens (including phenoxy) is 3. The first-order valence-corrected chi connectivity index (χ1v) is 19.3. The fourth-order valence-corrected chi connectivity index (χ4v) is 9.03. The van der Waals surface area contributed by atoms with Crippen molar-refractivity contribution in [1.82, 2.24) is 4.57 Å². The van der Waals surface area contributed by atoms with E-state index >= 15 is 0 Å². The molecule has 2 aromatic carbocycles. The second-order valence-corrected chi connectivity index (χ2v) is 16.8. The Kier molecular flexibility index (Phi) is 10.2. The highest BCUT2D eigenvalue weighted by atomic mass is 32.1. The molecule has 2 fully saturated rings. The standard InChI is InChI=1S/C42H48N2O7S/c1-25-10-12-26(13-11-25)39(46)44(29-15-17-30(49-5)18-16-29)35-22-37(52-38(35)40(47)50-24-51-41(48)42(2,3)4)28-14-19-31-32(20-28)36(45)23-43-33-9-7-6-8-27(33)21-34(31)43/h6-9,14,19-22,25-26,29-30H,10-13,15-18,23-24H2,1-5H3. The monoisotopic (exact) mass is 724 g/mol. The number of Topliss-reactive ketones (excluding diaryl/α,β-unsaturated/α-hetero) is 1. The zero-order valence-electron chi connectivity index (χ0n) is 30.7. The predicted octanol–water partition coefficient (Wildman–Crippen LogP) is 9.05. The molecule has 52 heavy (non-hydrogen) atoms. The quantitative estimate of drug-likeness (QED) is 0.132. The van der Waals surface area contributed by atoms with Crippen LogP contribution in [0.25, 0.3) is 32.6 Å². The molecular formula is C42H48N2O7S. The Morgan fingerprint density at radius 1 is 0.885 bits per heavy atom. The van der Waals surface area contributed by atoms with Crippen molar-refractivity contribution in [1.29, 1.82) is 0 Å². The number of nitrogens with zero attached hydrogens (tertiary/aromatic N) is 2. The van der Waals surface area contributed by atoms with Crippen LogP contribution in [0.2, 0.25) is 0 Å². The number of carbonyl (C=O) groups excluding carboxylic acids is 4. The van der Waals surface area contributed by atoms with Gasteiger partial charge in [-0.2, -0.15) is 0 Å². The Bertz CT molecular complexity index is 2000. The van der Waals surface area contributed by atoms with Crippen molar-refractivity contribution in [2.45, 2.75) is 97.8 Å². The van der Waals surface area contributed by atoms with E-state index in [1.165, 1.54) is 11.3 Å². The van der Waals surface area contributed by atoms with Crippen molar-refractivity contribution in [3.63, 3.8) is 0 Å². The number of carbonyl (C=O) groups is 4. The number of rotatable bonds is 8. The van der Waals surface area contributed by atoms with Crippen LogP contribution in [0.1, 0.15) is 99.1 Å². The molecule has 0 spiro atoms. The molecule has 9 nitrogen and oxygen atoms in total.